The van der Waals surface area contributed by atoms with Gasteiger partial charge in [0.25, 0.3) is 0 Å². The summed E-state index contributed by atoms with van der Waals surface area (Å²) in [7, 11) is -1.23. The Morgan fingerprint density at radius 2 is 1.37 bits per heavy atom. The molecule has 5 aromatic rings. The Labute approximate surface area is 274 Å². The summed E-state index contributed by atoms with van der Waals surface area (Å²) in [5.74, 6) is 0. The summed E-state index contributed by atoms with van der Waals surface area (Å²) < 4.78 is 0. The quantitative estimate of drug-likeness (QED) is 0.132. The van der Waals surface area contributed by atoms with E-state index in [4.69, 9.17) is 0 Å². The van der Waals surface area contributed by atoms with Crippen molar-refractivity contribution in [2.24, 2.45) is 0 Å². The standard InChI is InChI=1S/C25H28N.C14H16NSi.Ir/c1-18-16-21(25(5,6)19-10-8-7-9-11-19)12-13-22(18)23-17-20(14-15-26-23)24(2,3)4;1-16(2,3)13-9-10-14(15-11-13)12-7-5-4-6-8-12;/h7-12,14-17H,1-6H3;4-7,9-11H,1-3H3;/q2*-1;. The normalized spacial score (nSPS) is 11.7. The molecule has 0 aliphatic carbocycles. The number of nitrogens with zero attached hydrogens (tertiary/aromatic N) is 2. The first-order chi connectivity index (χ1) is 19.8. The Hall–Kier alpha value is -3.17. The van der Waals surface area contributed by atoms with Crippen LogP contribution in [-0.2, 0) is 30.9 Å². The van der Waals surface area contributed by atoms with Gasteiger partial charge in [-0.25, -0.2) is 0 Å². The Morgan fingerprint density at radius 1 is 0.674 bits per heavy atom. The molecule has 3 aromatic carbocycles. The number of hydrogen-bond acceptors (Lipinski definition) is 2. The maximum Gasteiger partial charge on any atom is 0.0795 e. The third-order valence-corrected chi connectivity index (χ3v) is 9.88. The predicted molar refractivity (Wildman–Crippen MR) is 182 cm³/mol. The number of rotatable bonds is 5. The molecule has 0 amide bonds. The summed E-state index contributed by atoms with van der Waals surface area (Å²) in [6.07, 6.45) is 3.92. The zero-order valence-electron chi connectivity index (χ0n) is 27.0. The van der Waals surface area contributed by atoms with Gasteiger partial charge in [0.1, 0.15) is 0 Å². The van der Waals surface area contributed by atoms with Crippen molar-refractivity contribution >= 4 is 13.3 Å². The minimum Gasteiger partial charge on any atom is -0.305 e. The van der Waals surface area contributed by atoms with Crippen LogP contribution in [0.1, 0.15) is 56.9 Å². The van der Waals surface area contributed by atoms with Gasteiger partial charge in [-0.05, 0) is 44.6 Å². The smallest absolute Gasteiger partial charge is 0.0795 e. The summed E-state index contributed by atoms with van der Waals surface area (Å²) >= 11 is 0. The first kappa shape index (κ1) is 34.3. The van der Waals surface area contributed by atoms with Crippen molar-refractivity contribution < 1.29 is 20.1 Å². The van der Waals surface area contributed by atoms with E-state index in [1.54, 1.807) is 0 Å². The molecule has 0 saturated carbocycles. The molecule has 0 fully saturated rings. The largest absolute Gasteiger partial charge is 0.305 e. The Kier molecular flexibility index (Phi) is 11.2. The molecular formula is C39H44IrN2Si-2. The summed E-state index contributed by atoms with van der Waals surface area (Å²) in [6, 6.07) is 38.3. The van der Waals surface area contributed by atoms with Gasteiger partial charge in [-0.1, -0.05) is 110 Å². The van der Waals surface area contributed by atoms with Crippen molar-refractivity contribution in [3.05, 3.63) is 138 Å². The number of aromatic nitrogens is 2. The van der Waals surface area contributed by atoms with Crippen LogP contribution in [0.15, 0.2) is 103 Å². The monoisotopic (exact) mass is 761 g/mol. The van der Waals surface area contributed by atoms with Crippen LogP contribution in [0.2, 0.25) is 19.6 Å². The number of benzene rings is 3. The first-order valence-electron chi connectivity index (χ1n) is 14.8. The Balaban J connectivity index is 0.000000256. The molecule has 225 valence electrons. The molecule has 0 spiro atoms. The van der Waals surface area contributed by atoms with Crippen LogP contribution in [0.25, 0.3) is 22.5 Å². The van der Waals surface area contributed by atoms with Gasteiger partial charge in [0.2, 0.25) is 0 Å². The molecule has 0 aliphatic rings. The zero-order valence-corrected chi connectivity index (χ0v) is 30.4. The van der Waals surface area contributed by atoms with Gasteiger partial charge in [-0.3, -0.25) is 0 Å². The molecule has 43 heavy (non-hydrogen) atoms. The van der Waals surface area contributed by atoms with E-state index in [9.17, 15) is 0 Å². The average molecular weight is 761 g/mol. The first-order valence-corrected chi connectivity index (χ1v) is 18.3. The summed E-state index contributed by atoms with van der Waals surface area (Å²) in [4.78, 5) is 9.12. The van der Waals surface area contributed by atoms with Crippen LogP contribution < -0.4 is 5.19 Å². The van der Waals surface area contributed by atoms with Crippen LogP contribution >= 0.6 is 0 Å². The molecule has 2 heterocycles. The van der Waals surface area contributed by atoms with E-state index >= 15 is 0 Å². The minimum absolute atomic E-state index is 0. The molecule has 0 atom stereocenters. The van der Waals surface area contributed by atoms with Crippen LogP contribution in [0, 0.1) is 19.1 Å². The van der Waals surface area contributed by atoms with E-state index in [0.717, 1.165) is 22.5 Å². The average Bonchev–Trinajstić information content (AvgIpc) is 2.97. The SMILES string of the molecule is C[Si](C)(C)c1ccc(-c2[c-]cccc2)nc1.Cc1cc(C(C)(C)c2ccccc2)c[c-]c1-c1cc(C(C)(C)C)ccn1.[Ir]. The van der Waals surface area contributed by atoms with E-state index in [1.165, 1.54) is 27.4 Å². The van der Waals surface area contributed by atoms with Gasteiger partial charge in [0.05, 0.1) is 8.07 Å². The number of hydrogen-bond donors (Lipinski definition) is 0. The maximum atomic E-state index is 4.60. The van der Waals surface area contributed by atoms with Gasteiger partial charge in [-0.2, -0.15) is 0 Å². The fourth-order valence-corrected chi connectivity index (χ4v) is 5.89. The minimum atomic E-state index is -1.23. The second kappa shape index (κ2) is 14.1. The second-order valence-corrected chi connectivity index (χ2v) is 18.7. The fourth-order valence-electron chi connectivity index (χ4n) is 4.85. The second-order valence-electron chi connectivity index (χ2n) is 13.6. The molecule has 2 aromatic heterocycles. The third kappa shape index (κ3) is 8.69. The molecule has 4 heteroatoms. The molecule has 0 aliphatic heterocycles. The number of aryl methyl sites for hydroxylation is 1. The van der Waals surface area contributed by atoms with E-state index in [0.29, 0.717) is 0 Å². The Morgan fingerprint density at radius 3 is 1.93 bits per heavy atom. The van der Waals surface area contributed by atoms with E-state index in [-0.39, 0.29) is 30.9 Å². The van der Waals surface area contributed by atoms with Crippen molar-refractivity contribution in [2.75, 3.05) is 0 Å². The van der Waals surface area contributed by atoms with E-state index in [2.05, 4.69) is 150 Å². The van der Waals surface area contributed by atoms with Crippen molar-refractivity contribution in [3.63, 3.8) is 0 Å². The van der Waals surface area contributed by atoms with Crippen LogP contribution in [0.4, 0.5) is 0 Å². The summed E-state index contributed by atoms with van der Waals surface area (Å²) in [5, 5.41) is 1.40. The van der Waals surface area contributed by atoms with Crippen molar-refractivity contribution in [2.45, 2.75) is 72.0 Å². The molecule has 0 saturated heterocycles. The molecule has 0 N–H and O–H groups in total. The summed E-state index contributed by atoms with van der Waals surface area (Å²) in [6.45, 7) is 20.4. The van der Waals surface area contributed by atoms with Crippen LogP contribution in [0.3, 0.4) is 0 Å². The van der Waals surface area contributed by atoms with E-state index < -0.39 is 8.07 Å². The molecule has 2 nitrogen and oxygen atoms in total. The Bertz CT molecular complexity index is 1600. The van der Waals surface area contributed by atoms with Crippen molar-refractivity contribution in [3.8, 4) is 22.5 Å². The van der Waals surface area contributed by atoms with Gasteiger partial charge < -0.3 is 9.97 Å². The fraction of sp³-hybridized carbons (Fsp3) is 0.282. The number of pyridine rings is 2. The van der Waals surface area contributed by atoms with Gasteiger partial charge >= 0.3 is 0 Å². The van der Waals surface area contributed by atoms with Crippen molar-refractivity contribution in [1.82, 2.24) is 9.97 Å². The van der Waals surface area contributed by atoms with Gasteiger partial charge in [0.15, 0.2) is 0 Å². The third-order valence-electron chi connectivity index (χ3n) is 7.85. The van der Waals surface area contributed by atoms with Crippen LogP contribution in [-0.4, -0.2) is 18.0 Å². The van der Waals surface area contributed by atoms with Crippen LogP contribution in [0.5, 0.6) is 0 Å². The molecular weight excluding hydrogens is 717 g/mol. The molecule has 0 unspecified atom stereocenters. The predicted octanol–water partition coefficient (Wildman–Crippen LogP) is 9.57. The maximum absolute atomic E-state index is 4.60. The molecule has 5 rings (SSSR count). The van der Waals surface area contributed by atoms with E-state index in [1.807, 2.05) is 36.7 Å². The zero-order chi connectivity index (χ0) is 30.5. The summed E-state index contributed by atoms with van der Waals surface area (Å²) in [5.41, 5.74) is 9.30. The molecule has 0 bridgehead atoms. The topological polar surface area (TPSA) is 25.8 Å². The molecule has 1 radical (unpaired) electrons. The van der Waals surface area contributed by atoms with Crippen molar-refractivity contribution in [1.29, 1.82) is 0 Å². The van der Waals surface area contributed by atoms with Gasteiger partial charge in [0, 0.05) is 32.5 Å². The van der Waals surface area contributed by atoms with Gasteiger partial charge in [-0.15, -0.1) is 70.8 Å².